The van der Waals surface area contributed by atoms with Crippen LogP contribution >= 0.6 is 11.3 Å². The van der Waals surface area contributed by atoms with Gasteiger partial charge in [0.05, 0.1) is 24.9 Å². The van der Waals surface area contributed by atoms with Crippen LogP contribution in [0.1, 0.15) is 17.4 Å². The summed E-state index contributed by atoms with van der Waals surface area (Å²) < 4.78 is 12.4. The fraction of sp³-hybridized carbons (Fsp3) is 0.286. The number of anilines is 1. The van der Waals surface area contributed by atoms with Crippen LogP contribution < -0.4 is 15.4 Å². The van der Waals surface area contributed by atoms with Crippen molar-refractivity contribution in [1.82, 2.24) is 15.1 Å². The highest BCUT2D eigenvalue weighted by Gasteiger charge is 2.14. The lowest BCUT2D eigenvalue weighted by molar-refractivity contribution is -0.122. The van der Waals surface area contributed by atoms with E-state index in [9.17, 15) is 9.59 Å². The van der Waals surface area contributed by atoms with Gasteiger partial charge in [-0.25, -0.2) is 0 Å². The van der Waals surface area contributed by atoms with E-state index in [4.69, 9.17) is 9.47 Å². The molecule has 30 heavy (non-hydrogen) atoms. The molecular weight excluding hydrogens is 404 g/mol. The Labute approximate surface area is 178 Å². The normalized spacial score (nSPS) is 11.6. The fourth-order valence-electron chi connectivity index (χ4n) is 2.70. The molecule has 1 unspecified atom stereocenters. The number of methoxy groups -OCH3 is 1. The Kier molecular flexibility index (Phi) is 7.99. The predicted molar refractivity (Wildman–Crippen MR) is 114 cm³/mol. The van der Waals surface area contributed by atoms with Gasteiger partial charge < -0.3 is 20.1 Å². The molecular formula is C21H24N4O4S. The third-order valence-corrected chi connectivity index (χ3v) is 5.16. The highest BCUT2D eigenvalue weighted by molar-refractivity contribution is 7.10. The Morgan fingerprint density at radius 1 is 1.17 bits per heavy atom. The van der Waals surface area contributed by atoms with Gasteiger partial charge in [-0.2, -0.15) is 5.10 Å². The summed E-state index contributed by atoms with van der Waals surface area (Å²) in [5.41, 5.74) is 0.529. The molecule has 1 aromatic carbocycles. The second-order valence-electron chi connectivity index (χ2n) is 6.43. The van der Waals surface area contributed by atoms with E-state index in [1.807, 2.05) is 47.8 Å². The zero-order valence-electron chi connectivity index (χ0n) is 16.6. The van der Waals surface area contributed by atoms with Crippen LogP contribution in [0.2, 0.25) is 0 Å². The number of carbonyl (C=O) groups is 2. The van der Waals surface area contributed by atoms with E-state index in [1.54, 1.807) is 24.6 Å². The van der Waals surface area contributed by atoms with Crippen molar-refractivity contribution in [2.24, 2.45) is 0 Å². The maximum Gasteiger partial charge on any atom is 0.241 e. The average molecular weight is 429 g/mol. The first-order valence-corrected chi connectivity index (χ1v) is 10.3. The van der Waals surface area contributed by atoms with Crippen LogP contribution in [0.3, 0.4) is 0 Å². The second-order valence-corrected chi connectivity index (χ2v) is 7.41. The summed E-state index contributed by atoms with van der Waals surface area (Å²) in [4.78, 5) is 25.3. The summed E-state index contributed by atoms with van der Waals surface area (Å²) in [6.07, 6.45) is 3.15. The summed E-state index contributed by atoms with van der Waals surface area (Å²) in [7, 11) is 1.61. The molecule has 8 nitrogen and oxygen atoms in total. The topological polar surface area (TPSA) is 94.5 Å². The largest absolute Gasteiger partial charge is 0.493 e. The molecule has 1 atom stereocenters. The van der Waals surface area contributed by atoms with Gasteiger partial charge in [0, 0.05) is 24.7 Å². The third-order valence-electron chi connectivity index (χ3n) is 4.19. The number of hydrogen-bond donors (Lipinski definition) is 2. The van der Waals surface area contributed by atoms with E-state index in [0.717, 1.165) is 10.6 Å². The molecule has 0 aliphatic heterocycles. The molecule has 3 aromatic rings. The van der Waals surface area contributed by atoms with E-state index >= 15 is 0 Å². The molecule has 0 radical (unpaired) electrons. The highest BCUT2D eigenvalue weighted by atomic mass is 32.1. The van der Waals surface area contributed by atoms with Gasteiger partial charge in [0.25, 0.3) is 0 Å². The number of hydrogen-bond acceptors (Lipinski definition) is 6. The molecule has 9 heteroatoms. The monoisotopic (exact) mass is 428 g/mol. The first kappa shape index (κ1) is 21.5. The zero-order valence-corrected chi connectivity index (χ0v) is 17.4. The summed E-state index contributed by atoms with van der Waals surface area (Å²) >= 11 is 1.58. The molecule has 158 valence electrons. The lowest BCUT2D eigenvalue weighted by Crippen LogP contribution is -2.31. The number of amides is 2. The van der Waals surface area contributed by atoms with Crippen molar-refractivity contribution >= 4 is 28.8 Å². The Morgan fingerprint density at radius 3 is 2.73 bits per heavy atom. The van der Waals surface area contributed by atoms with Gasteiger partial charge in [0.15, 0.2) is 0 Å². The molecule has 0 fully saturated rings. The highest BCUT2D eigenvalue weighted by Crippen LogP contribution is 2.20. The second kappa shape index (κ2) is 11.1. The minimum Gasteiger partial charge on any atom is -0.493 e. The zero-order chi connectivity index (χ0) is 21.2. The van der Waals surface area contributed by atoms with Gasteiger partial charge in [-0.1, -0.05) is 24.3 Å². The van der Waals surface area contributed by atoms with Gasteiger partial charge >= 0.3 is 0 Å². The Balaban J connectivity index is 1.38. The lowest BCUT2D eigenvalue weighted by Gasteiger charge is -2.14. The molecule has 0 saturated heterocycles. The lowest BCUT2D eigenvalue weighted by atomic mass is 10.3. The number of thiophene rings is 1. The van der Waals surface area contributed by atoms with Crippen LogP contribution in [-0.2, 0) is 20.9 Å². The first-order chi connectivity index (χ1) is 14.6. The number of rotatable bonds is 11. The van der Waals surface area contributed by atoms with Gasteiger partial charge in [0.1, 0.15) is 18.4 Å². The van der Waals surface area contributed by atoms with E-state index in [0.29, 0.717) is 12.2 Å². The number of benzene rings is 1. The van der Waals surface area contributed by atoms with E-state index in [1.165, 1.54) is 10.9 Å². The molecule has 2 amide bonds. The van der Waals surface area contributed by atoms with Gasteiger partial charge in [-0.15, -0.1) is 11.3 Å². The average Bonchev–Trinajstić information content (AvgIpc) is 3.42. The summed E-state index contributed by atoms with van der Waals surface area (Å²) in [6.45, 7) is 0.702. The van der Waals surface area contributed by atoms with Crippen molar-refractivity contribution in [3.05, 3.63) is 65.1 Å². The predicted octanol–water partition coefficient (Wildman–Crippen LogP) is 2.86. The molecule has 0 aliphatic rings. The number of nitrogens with one attached hydrogen (secondary N) is 2. The van der Waals surface area contributed by atoms with E-state index in [-0.39, 0.29) is 37.5 Å². The molecule has 0 spiro atoms. The smallest absolute Gasteiger partial charge is 0.241 e. The van der Waals surface area contributed by atoms with Gasteiger partial charge in [-0.3, -0.25) is 14.3 Å². The maximum absolute atomic E-state index is 12.2. The van der Waals surface area contributed by atoms with Crippen LogP contribution in [0, 0.1) is 0 Å². The standard InChI is InChI=1S/C21H24N4O4S/c1-28-18(19-8-5-11-30-19)13-22-21(27)15-25-14-16(12-23-25)24-20(26)9-10-29-17-6-3-2-4-7-17/h2-8,11-12,14,18H,9-10,13,15H2,1H3,(H,22,27)(H,24,26). The Bertz CT molecular complexity index is 928. The maximum atomic E-state index is 12.2. The summed E-state index contributed by atoms with van der Waals surface area (Å²) in [5, 5.41) is 11.7. The number of carbonyl (C=O) groups excluding carboxylic acids is 2. The third kappa shape index (κ3) is 6.71. The van der Waals surface area contributed by atoms with Crippen molar-refractivity contribution in [3.8, 4) is 5.75 Å². The van der Waals surface area contributed by atoms with Gasteiger partial charge in [0.2, 0.25) is 11.8 Å². The summed E-state index contributed by atoms with van der Waals surface area (Å²) in [6, 6.07) is 13.2. The van der Waals surface area contributed by atoms with Crippen molar-refractivity contribution < 1.29 is 19.1 Å². The van der Waals surface area contributed by atoms with Crippen LogP contribution in [0.15, 0.2) is 60.2 Å². The first-order valence-electron chi connectivity index (χ1n) is 9.47. The Hall–Kier alpha value is -3.17. The van der Waals surface area contributed by atoms with Crippen LogP contribution in [0.25, 0.3) is 0 Å². The van der Waals surface area contributed by atoms with Crippen molar-refractivity contribution in [2.45, 2.75) is 19.1 Å². The Morgan fingerprint density at radius 2 is 2.00 bits per heavy atom. The van der Waals surface area contributed by atoms with Crippen molar-refractivity contribution in [3.63, 3.8) is 0 Å². The minimum atomic E-state index is -0.189. The molecule has 3 rings (SSSR count). The van der Waals surface area contributed by atoms with Crippen molar-refractivity contribution in [1.29, 1.82) is 0 Å². The van der Waals surface area contributed by atoms with E-state index in [2.05, 4.69) is 15.7 Å². The molecule has 2 aromatic heterocycles. The van der Waals surface area contributed by atoms with Crippen LogP contribution in [-0.4, -0.2) is 41.9 Å². The minimum absolute atomic E-state index is 0.0495. The molecule has 2 heterocycles. The molecule has 2 N–H and O–H groups in total. The fourth-order valence-corrected chi connectivity index (χ4v) is 3.50. The molecule has 0 saturated carbocycles. The van der Waals surface area contributed by atoms with E-state index < -0.39 is 0 Å². The quantitative estimate of drug-likeness (QED) is 0.490. The van der Waals surface area contributed by atoms with Crippen molar-refractivity contribution in [2.75, 3.05) is 25.6 Å². The molecule has 0 aliphatic carbocycles. The van der Waals surface area contributed by atoms with Gasteiger partial charge in [-0.05, 0) is 23.6 Å². The molecule has 0 bridgehead atoms. The SMILES string of the molecule is COC(CNC(=O)Cn1cc(NC(=O)CCOc2ccccc2)cn1)c1cccs1. The number of aromatic nitrogens is 2. The van der Waals surface area contributed by atoms with Crippen LogP contribution in [0.5, 0.6) is 5.75 Å². The number of nitrogens with zero attached hydrogens (tertiary/aromatic N) is 2. The summed E-state index contributed by atoms with van der Waals surface area (Å²) in [5.74, 6) is 0.346. The number of para-hydroxylation sites is 1. The number of ether oxygens (including phenoxy) is 2. The van der Waals surface area contributed by atoms with Crippen LogP contribution in [0.4, 0.5) is 5.69 Å².